The number of hydrogen-bond acceptors (Lipinski definition) is 5. The summed E-state index contributed by atoms with van der Waals surface area (Å²) in [6, 6.07) is 0. The fourth-order valence-electron chi connectivity index (χ4n) is 2.64. The number of carboxylic acids is 1. The average Bonchev–Trinajstić information content (AvgIpc) is 2.52. The van der Waals surface area contributed by atoms with Gasteiger partial charge in [-0.3, -0.25) is 0 Å². The van der Waals surface area contributed by atoms with Gasteiger partial charge >= 0.3 is 5.97 Å². The lowest BCUT2D eigenvalue weighted by Crippen LogP contribution is -2.11. The number of benzene rings is 1. The molecule has 6 nitrogen and oxygen atoms in total. The lowest BCUT2D eigenvalue weighted by molar-refractivity contribution is -0.180. The van der Waals surface area contributed by atoms with Gasteiger partial charge in [-0.2, -0.15) is 4.89 Å². The lowest BCUT2D eigenvalue weighted by atomic mass is 9.91. The third kappa shape index (κ3) is 4.28. The van der Waals surface area contributed by atoms with Crippen molar-refractivity contribution in [2.75, 3.05) is 14.2 Å². The molecule has 0 aliphatic heterocycles. The Balaban J connectivity index is 3.65. The molecule has 0 bridgehead atoms. The average molecular weight is 326 g/mol. The normalized spacial score (nSPS) is 10.6. The summed E-state index contributed by atoms with van der Waals surface area (Å²) in [7, 11) is 2.76. The topological polar surface area (TPSA) is 85.2 Å². The van der Waals surface area contributed by atoms with Crippen LogP contribution in [-0.4, -0.2) is 30.4 Å². The van der Waals surface area contributed by atoms with Gasteiger partial charge in [0.25, 0.3) is 0 Å². The Morgan fingerprint density at radius 3 is 2.00 bits per heavy atom. The second-order valence-corrected chi connectivity index (χ2v) is 5.31. The van der Waals surface area contributed by atoms with Gasteiger partial charge in [-0.05, 0) is 31.2 Å². The van der Waals surface area contributed by atoms with E-state index < -0.39 is 11.7 Å². The van der Waals surface area contributed by atoms with E-state index in [0.717, 1.165) is 31.2 Å². The van der Waals surface area contributed by atoms with Crippen LogP contribution in [-0.2, 0) is 17.7 Å². The molecule has 2 N–H and O–H groups in total. The zero-order chi connectivity index (χ0) is 17.4. The number of methoxy groups -OCH3 is 1. The van der Waals surface area contributed by atoms with Gasteiger partial charge in [0.15, 0.2) is 11.5 Å². The molecule has 0 aromatic heterocycles. The largest absolute Gasteiger partial charge is 0.503 e. The number of carboxylic acid groups (broad SMARTS) is 1. The van der Waals surface area contributed by atoms with E-state index in [-0.39, 0.29) is 11.3 Å². The summed E-state index contributed by atoms with van der Waals surface area (Å²) < 4.78 is 5.40. The molecule has 0 saturated heterocycles. The summed E-state index contributed by atoms with van der Waals surface area (Å²) >= 11 is 0. The molecule has 0 spiro atoms. The summed E-state index contributed by atoms with van der Waals surface area (Å²) in [4.78, 5) is 21.3. The molecule has 0 atom stereocenters. The Bertz CT molecular complexity index is 539. The van der Waals surface area contributed by atoms with E-state index in [1.54, 1.807) is 0 Å². The molecule has 1 rings (SSSR count). The van der Waals surface area contributed by atoms with Gasteiger partial charge in [0.2, 0.25) is 5.75 Å². The van der Waals surface area contributed by atoms with Crippen molar-refractivity contribution in [2.24, 2.45) is 0 Å². The molecular weight excluding hydrogens is 300 g/mol. The molecule has 0 radical (unpaired) electrons. The first-order chi connectivity index (χ1) is 11.0. The Kier molecular flexibility index (Phi) is 7.68. The second kappa shape index (κ2) is 9.25. The van der Waals surface area contributed by atoms with Gasteiger partial charge in [0, 0.05) is 5.56 Å². The van der Waals surface area contributed by atoms with Crippen molar-refractivity contribution in [3.8, 4) is 17.2 Å². The maximum Gasteiger partial charge on any atom is 0.339 e. The van der Waals surface area contributed by atoms with Crippen molar-refractivity contribution in [3.05, 3.63) is 16.7 Å². The monoisotopic (exact) mass is 326 g/mol. The quantitative estimate of drug-likeness (QED) is 0.503. The molecule has 0 amide bonds. The van der Waals surface area contributed by atoms with Crippen LogP contribution in [0.1, 0.15) is 61.0 Å². The van der Waals surface area contributed by atoms with E-state index in [1.165, 1.54) is 14.2 Å². The van der Waals surface area contributed by atoms with Crippen molar-refractivity contribution < 1.29 is 29.5 Å². The Morgan fingerprint density at radius 1 is 1.00 bits per heavy atom. The first kappa shape index (κ1) is 19.1. The summed E-state index contributed by atoms with van der Waals surface area (Å²) in [6.07, 6.45) is 4.80. The molecule has 6 heteroatoms. The van der Waals surface area contributed by atoms with Gasteiger partial charge < -0.3 is 19.8 Å². The van der Waals surface area contributed by atoms with Crippen LogP contribution in [0.3, 0.4) is 0 Å². The lowest BCUT2D eigenvalue weighted by Gasteiger charge is -2.20. The molecule has 0 heterocycles. The van der Waals surface area contributed by atoms with E-state index in [9.17, 15) is 15.0 Å². The number of aromatic hydroxyl groups is 1. The van der Waals surface area contributed by atoms with Gasteiger partial charge in [-0.1, -0.05) is 26.7 Å². The van der Waals surface area contributed by atoms with Crippen molar-refractivity contribution in [1.29, 1.82) is 0 Å². The van der Waals surface area contributed by atoms with Gasteiger partial charge in [0.1, 0.15) is 5.56 Å². The molecule has 130 valence electrons. The van der Waals surface area contributed by atoms with E-state index >= 15 is 0 Å². The minimum atomic E-state index is -1.19. The molecule has 23 heavy (non-hydrogen) atoms. The first-order valence-electron chi connectivity index (χ1n) is 7.91. The number of unbranched alkanes of at least 4 members (excludes halogenated alkanes) is 2. The maximum atomic E-state index is 11.7. The fraction of sp³-hybridized carbons (Fsp3) is 0.588. The van der Waals surface area contributed by atoms with Crippen molar-refractivity contribution in [2.45, 2.75) is 52.4 Å². The smallest absolute Gasteiger partial charge is 0.339 e. The number of rotatable bonds is 10. The minimum Gasteiger partial charge on any atom is -0.503 e. The number of carbonyl (C=O) groups is 1. The number of ether oxygens (including phenoxy) is 1. The van der Waals surface area contributed by atoms with Crippen LogP contribution in [0.5, 0.6) is 17.2 Å². The van der Waals surface area contributed by atoms with Crippen LogP contribution < -0.4 is 9.62 Å². The molecule has 0 fully saturated rings. The van der Waals surface area contributed by atoms with Crippen LogP contribution in [0.15, 0.2) is 0 Å². The van der Waals surface area contributed by atoms with E-state index in [0.29, 0.717) is 24.2 Å². The third-order valence-electron chi connectivity index (χ3n) is 3.74. The molecule has 0 saturated carbocycles. The summed E-state index contributed by atoms with van der Waals surface area (Å²) in [5.41, 5.74) is 1.26. The maximum absolute atomic E-state index is 11.7. The number of hydrogen-bond donors (Lipinski definition) is 2. The highest BCUT2D eigenvalue weighted by Gasteiger charge is 2.29. The zero-order valence-corrected chi connectivity index (χ0v) is 14.3. The Labute approximate surface area is 136 Å². The van der Waals surface area contributed by atoms with Crippen LogP contribution in [0.2, 0.25) is 0 Å². The van der Waals surface area contributed by atoms with Crippen molar-refractivity contribution >= 4 is 5.97 Å². The molecule has 1 aromatic carbocycles. The van der Waals surface area contributed by atoms with Crippen LogP contribution in [0.4, 0.5) is 0 Å². The molecule has 0 aliphatic rings. The van der Waals surface area contributed by atoms with Gasteiger partial charge in [-0.25, -0.2) is 4.79 Å². The number of phenols is 1. The SMILES string of the molecule is CCCCc1c(CCCC)c(C(=O)O)c(O)c(OOC)c1OC. The molecule has 0 unspecified atom stereocenters. The fourth-order valence-corrected chi connectivity index (χ4v) is 2.64. The van der Waals surface area contributed by atoms with Gasteiger partial charge in [0.05, 0.1) is 14.2 Å². The van der Waals surface area contributed by atoms with Crippen LogP contribution in [0.25, 0.3) is 0 Å². The Hall–Kier alpha value is -1.95. The summed E-state index contributed by atoms with van der Waals surface area (Å²) in [6.45, 7) is 4.09. The highest BCUT2D eigenvalue weighted by Crippen LogP contribution is 2.46. The van der Waals surface area contributed by atoms with Gasteiger partial charge in [-0.15, -0.1) is 0 Å². The third-order valence-corrected chi connectivity index (χ3v) is 3.74. The van der Waals surface area contributed by atoms with Crippen LogP contribution in [0, 0.1) is 0 Å². The molecule has 0 aliphatic carbocycles. The zero-order valence-electron chi connectivity index (χ0n) is 14.3. The highest BCUT2D eigenvalue weighted by molar-refractivity contribution is 5.95. The Morgan fingerprint density at radius 2 is 1.57 bits per heavy atom. The second-order valence-electron chi connectivity index (χ2n) is 5.31. The van der Waals surface area contributed by atoms with E-state index in [2.05, 4.69) is 11.8 Å². The molecule has 1 aromatic rings. The van der Waals surface area contributed by atoms with Crippen LogP contribution >= 0.6 is 0 Å². The minimum absolute atomic E-state index is 0.0845. The summed E-state index contributed by atoms with van der Waals surface area (Å²) in [5, 5.41) is 19.9. The highest BCUT2D eigenvalue weighted by atomic mass is 17.2. The van der Waals surface area contributed by atoms with Crippen molar-refractivity contribution in [1.82, 2.24) is 0 Å². The van der Waals surface area contributed by atoms with E-state index in [4.69, 9.17) is 9.62 Å². The first-order valence-corrected chi connectivity index (χ1v) is 7.91. The van der Waals surface area contributed by atoms with E-state index in [1.807, 2.05) is 6.92 Å². The number of aromatic carboxylic acids is 1. The van der Waals surface area contributed by atoms with Crippen molar-refractivity contribution in [3.63, 3.8) is 0 Å². The molecular formula is C17H26O6. The standard InChI is InChI=1S/C17H26O6/c1-5-7-9-11-12(10-8-6-2)15(21-3)16(23-22-4)14(18)13(11)17(19)20/h18H,5-10H2,1-4H3,(H,19,20). The predicted molar refractivity (Wildman–Crippen MR) is 86.5 cm³/mol. The summed E-state index contributed by atoms with van der Waals surface area (Å²) in [5.74, 6) is -1.38. The predicted octanol–water partition coefficient (Wildman–Crippen LogP) is 3.72.